The van der Waals surface area contributed by atoms with Crippen LogP contribution in [0.5, 0.6) is 0 Å². The fraction of sp³-hybridized carbons (Fsp3) is 0.385. The average Bonchev–Trinajstić information content (AvgIpc) is 2.69. The molecule has 7 heteroatoms. The number of β-amino-alcohol motifs (C(OH)–C–C–N with tert-alkyl or cyclic N) is 1. The first-order valence-electron chi connectivity index (χ1n) is 10.8. The summed E-state index contributed by atoms with van der Waals surface area (Å²) in [5.74, 6) is 0.478. The lowest BCUT2D eigenvalue weighted by atomic mass is 10.0. The molecule has 2 N–H and O–H groups in total. The van der Waals surface area contributed by atoms with Crippen molar-refractivity contribution in [1.29, 1.82) is 0 Å². The van der Waals surface area contributed by atoms with E-state index in [1.807, 2.05) is 31.7 Å². The highest BCUT2D eigenvalue weighted by Crippen LogP contribution is 2.35. The summed E-state index contributed by atoms with van der Waals surface area (Å²) in [6, 6.07) is 0. The molecular weight excluding hydrogens is 498 g/mol. The molecular formula is C26H36BrN3O2S. The van der Waals surface area contributed by atoms with Gasteiger partial charge in [-0.25, -0.2) is 4.99 Å². The standard InChI is InChI=1S/C26H36BrN3O2S/c1-10-12-13-22(16(3)4)26(32)29-20(9)33-19(8)28-25(30-14-21(31)15-30)23(17(5)6)24(27)18(7)11-2/h10,12-13,21,31H,3,5,9,11,14-15H2,1-2,4,6-8H3,(H,29,32)/b12-10-,22-13+,24-18-,25-23-,28-19+. The molecule has 0 spiro atoms. The zero-order valence-electron chi connectivity index (χ0n) is 20.6. The number of hydrogen-bond acceptors (Lipinski definition) is 5. The molecule has 0 aromatic carbocycles. The molecule has 33 heavy (non-hydrogen) atoms. The molecule has 0 bridgehead atoms. The monoisotopic (exact) mass is 533 g/mol. The van der Waals surface area contributed by atoms with Crippen molar-refractivity contribution in [3.63, 3.8) is 0 Å². The summed E-state index contributed by atoms with van der Waals surface area (Å²) >= 11 is 5.01. The molecule has 0 unspecified atom stereocenters. The van der Waals surface area contributed by atoms with Gasteiger partial charge in [-0.2, -0.15) is 0 Å². The zero-order chi connectivity index (χ0) is 25.3. The Morgan fingerprint density at radius 3 is 2.27 bits per heavy atom. The third-order valence-electron chi connectivity index (χ3n) is 4.88. The predicted molar refractivity (Wildman–Crippen MR) is 147 cm³/mol. The molecule has 0 aliphatic carbocycles. The molecule has 1 saturated heterocycles. The first-order chi connectivity index (χ1) is 15.4. The maximum absolute atomic E-state index is 12.6. The van der Waals surface area contributed by atoms with Gasteiger partial charge < -0.3 is 15.3 Å². The number of halogens is 1. The van der Waals surface area contributed by atoms with Crippen molar-refractivity contribution < 1.29 is 9.90 Å². The molecule has 0 atom stereocenters. The van der Waals surface area contributed by atoms with Crippen LogP contribution in [0.2, 0.25) is 0 Å². The van der Waals surface area contributed by atoms with Crippen molar-refractivity contribution >= 4 is 38.6 Å². The van der Waals surface area contributed by atoms with E-state index in [9.17, 15) is 9.90 Å². The highest BCUT2D eigenvalue weighted by atomic mass is 79.9. The minimum atomic E-state index is -0.372. The van der Waals surface area contributed by atoms with E-state index in [0.717, 1.165) is 27.9 Å². The number of likely N-dealkylation sites (tertiary alicyclic amines) is 1. The summed E-state index contributed by atoms with van der Waals surface area (Å²) in [6.07, 6.45) is 5.89. The molecule has 1 aliphatic heterocycles. The van der Waals surface area contributed by atoms with E-state index in [1.54, 1.807) is 19.1 Å². The number of hydrogen-bond donors (Lipinski definition) is 2. The number of aliphatic hydroxyl groups excluding tert-OH is 1. The van der Waals surface area contributed by atoms with E-state index >= 15 is 0 Å². The molecule has 1 fully saturated rings. The van der Waals surface area contributed by atoms with E-state index < -0.39 is 0 Å². The number of allylic oxidation sites excluding steroid dienone is 7. The van der Waals surface area contributed by atoms with Gasteiger partial charge in [0.1, 0.15) is 5.82 Å². The molecule has 1 rings (SSSR count). The van der Waals surface area contributed by atoms with Gasteiger partial charge >= 0.3 is 0 Å². The Hall–Kier alpha value is -2.09. The first kappa shape index (κ1) is 28.9. The smallest absolute Gasteiger partial charge is 0.256 e. The predicted octanol–water partition coefficient (Wildman–Crippen LogP) is 6.35. The second kappa shape index (κ2) is 13.6. The van der Waals surface area contributed by atoms with Gasteiger partial charge in [0.05, 0.1) is 16.2 Å². The van der Waals surface area contributed by atoms with Crippen molar-refractivity contribution in [2.45, 2.75) is 54.1 Å². The summed E-state index contributed by atoms with van der Waals surface area (Å²) in [6.45, 7) is 24.7. The summed E-state index contributed by atoms with van der Waals surface area (Å²) in [4.78, 5) is 19.5. The van der Waals surface area contributed by atoms with Crippen LogP contribution in [-0.2, 0) is 4.79 Å². The molecule has 0 radical (unpaired) electrons. The number of amides is 1. The number of thioether (sulfide) groups is 1. The lowest BCUT2D eigenvalue weighted by Gasteiger charge is -2.39. The summed E-state index contributed by atoms with van der Waals surface area (Å²) in [5.41, 5.74) is 4.14. The second-order valence-electron chi connectivity index (χ2n) is 7.98. The van der Waals surface area contributed by atoms with Crippen molar-refractivity contribution in [2.24, 2.45) is 4.99 Å². The summed E-state index contributed by atoms with van der Waals surface area (Å²) in [5, 5.41) is 13.9. The number of rotatable bonds is 10. The number of aliphatic hydroxyl groups is 1. The van der Waals surface area contributed by atoms with Crippen LogP contribution in [0.15, 0.2) is 86.2 Å². The Morgan fingerprint density at radius 2 is 1.82 bits per heavy atom. The van der Waals surface area contributed by atoms with Crippen molar-refractivity contribution in [1.82, 2.24) is 10.2 Å². The average molecular weight is 535 g/mol. The summed E-state index contributed by atoms with van der Waals surface area (Å²) < 4.78 is 0.961. The van der Waals surface area contributed by atoms with Crippen molar-refractivity contribution in [3.8, 4) is 0 Å². The van der Waals surface area contributed by atoms with Gasteiger partial charge in [-0.1, -0.05) is 72.1 Å². The lowest BCUT2D eigenvalue weighted by Crippen LogP contribution is -2.50. The Balaban J connectivity index is 3.24. The minimum Gasteiger partial charge on any atom is -0.389 e. The minimum absolute atomic E-state index is 0.264. The van der Waals surface area contributed by atoms with Gasteiger partial charge in [0, 0.05) is 28.7 Å². The number of carbonyl (C=O) groups is 1. The lowest BCUT2D eigenvalue weighted by molar-refractivity contribution is -0.116. The van der Waals surface area contributed by atoms with Crippen LogP contribution in [-0.4, -0.2) is 40.2 Å². The fourth-order valence-corrected chi connectivity index (χ4v) is 4.36. The maximum Gasteiger partial charge on any atom is 0.256 e. The van der Waals surface area contributed by atoms with Gasteiger partial charge in [-0.3, -0.25) is 4.79 Å². The third kappa shape index (κ3) is 8.65. The first-order valence-corrected chi connectivity index (χ1v) is 12.4. The highest BCUT2D eigenvalue weighted by molar-refractivity contribution is 9.12. The number of aliphatic imine (C=N–C) groups is 1. The Bertz CT molecular complexity index is 964. The van der Waals surface area contributed by atoms with E-state index in [-0.39, 0.29) is 12.0 Å². The van der Waals surface area contributed by atoms with Crippen LogP contribution in [0.1, 0.15) is 48.0 Å². The summed E-state index contributed by atoms with van der Waals surface area (Å²) in [7, 11) is 0. The van der Waals surface area contributed by atoms with Crippen LogP contribution in [0.4, 0.5) is 0 Å². The Morgan fingerprint density at radius 1 is 1.21 bits per heavy atom. The van der Waals surface area contributed by atoms with Crippen molar-refractivity contribution in [3.05, 3.63) is 81.2 Å². The topological polar surface area (TPSA) is 64.9 Å². The number of carbonyl (C=O) groups excluding carboxylic acids is 1. The maximum atomic E-state index is 12.6. The Kier molecular flexibility index (Phi) is 11.9. The molecule has 0 saturated carbocycles. The second-order valence-corrected chi connectivity index (χ2v) is 10.1. The van der Waals surface area contributed by atoms with Gasteiger partial charge in [0.15, 0.2) is 0 Å². The van der Waals surface area contributed by atoms with Crippen LogP contribution in [0.3, 0.4) is 0 Å². The molecule has 180 valence electrons. The molecule has 1 amide bonds. The van der Waals surface area contributed by atoms with Crippen molar-refractivity contribution in [2.75, 3.05) is 13.1 Å². The Labute approximate surface area is 211 Å². The van der Waals surface area contributed by atoms with Crippen LogP contribution in [0.25, 0.3) is 0 Å². The van der Waals surface area contributed by atoms with Gasteiger partial charge in [0.2, 0.25) is 0 Å². The highest BCUT2D eigenvalue weighted by Gasteiger charge is 2.29. The zero-order valence-corrected chi connectivity index (χ0v) is 23.0. The number of nitrogens with one attached hydrogen (secondary N) is 1. The fourth-order valence-electron chi connectivity index (χ4n) is 2.93. The van der Waals surface area contributed by atoms with E-state index in [1.165, 1.54) is 17.3 Å². The van der Waals surface area contributed by atoms with E-state index in [0.29, 0.717) is 34.3 Å². The molecule has 5 nitrogen and oxygen atoms in total. The SMILES string of the molecule is C=C(NC(=O)/C(=C/C=C\C)C(=C)C)S/C(C)=N/C(=C(C(=C)C)/C(Br)=C(\C)CC)N1CC(O)C1. The number of nitrogens with zero attached hydrogens (tertiary/aromatic N) is 2. The van der Waals surface area contributed by atoms with Crippen LogP contribution < -0.4 is 5.32 Å². The third-order valence-corrected chi connectivity index (χ3v) is 6.69. The van der Waals surface area contributed by atoms with E-state index in [4.69, 9.17) is 4.99 Å². The molecule has 0 aromatic heterocycles. The molecule has 1 aliphatic rings. The molecule has 1 heterocycles. The van der Waals surface area contributed by atoms with Gasteiger partial charge in [0.25, 0.3) is 5.91 Å². The van der Waals surface area contributed by atoms with Crippen LogP contribution >= 0.6 is 27.7 Å². The quantitative estimate of drug-likeness (QED) is 0.148. The van der Waals surface area contributed by atoms with E-state index in [2.05, 4.69) is 54.8 Å². The van der Waals surface area contributed by atoms with Crippen LogP contribution in [0, 0.1) is 0 Å². The largest absolute Gasteiger partial charge is 0.389 e. The molecule has 0 aromatic rings. The van der Waals surface area contributed by atoms with Gasteiger partial charge in [-0.05, 0) is 58.3 Å². The van der Waals surface area contributed by atoms with Gasteiger partial charge in [-0.15, -0.1) is 0 Å². The normalized spacial score (nSPS) is 16.8.